The first-order valence-corrected chi connectivity index (χ1v) is 9.90. The predicted octanol–water partition coefficient (Wildman–Crippen LogP) is 3.76. The Bertz CT molecular complexity index is 929. The zero-order valence-corrected chi connectivity index (χ0v) is 18.4. The van der Waals surface area contributed by atoms with E-state index in [1.165, 1.54) is 0 Å². The van der Waals surface area contributed by atoms with E-state index in [1.807, 2.05) is 16.7 Å². The van der Waals surface area contributed by atoms with Crippen molar-refractivity contribution in [2.45, 2.75) is 25.8 Å². The summed E-state index contributed by atoms with van der Waals surface area (Å²) in [5.74, 6) is 2.31. The van der Waals surface area contributed by atoms with Crippen LogP contribution in [0.1, 0.15) is 31.4 Å². The summed E-state index contributed by atoms with van der Waals surface area (Å²) in [7, 11) is 3.14. The van der Waals surface area contributed by atoms with Crippen molar-refractivity contribution in [3.05, 3.63) is 35.0 Å². The van der Waals surface area contributed by atoms with Gasteiger partial charge in [-0.15, -0.1) is 0 Å². The number of aromatic amines is 1. The highest BCUT2D eigenvalue weighted by atomic mass is 32.1. The maximum Gasteiger partial charge on any atom is 0.271 e. The Hall–Kier alpha value is -2.56. The number of aromatic nitrogens is 3. The molecule has 9 nitrogen and oxygen atoms in total. The Morgan fingerprint density at radius 2 is 1.80 bits per heavy atom. The molecule has 0 radical (unpaired) electrons. The first-order chi connectivity index (χ1) is 14.5. The topological polar surface area (TPSA) is 89.0 Å². The van der Waals surface area contributed by atoms with E-state index < -0.39 is 0 Å². The molecule has 1 fully saturated rings. The van der Waals surface area contributed by atoms with Crippen molar-refractivity contribution in [1.82, 2.24) is 14.8 Å². The van der Waals surface area contributed by atoms with Gasteiger partial charge in [0.15, 0.2) is 24.2 Å². The van der Waals surface area contributed by atoms with Crippen molar-refractivity contribution in [3.63, 3.8) is 0 Å². The average Bonchev–Trinajstić information content (AvgIpc) is 3.12. The Kier molecular flexibility index (Phi) is 7.35. The third-order valence-corrected chi connectivity index (χ3v) is 4.87. The fraction of sp³-hybridized carbons (Fsp3) is 0.500. The van der Waals surface area contributed by atoms with E-state index in [1.54, 1.807) is 14.2 Å². The van der Waals surface area contributed by atoms with Crippen LogP contribution in [-0.4, -0.2) is 55.8 Å². The van der Waals surface area contributed by atoms with Crippen LogP contribution in [0.15, 0.2) is 24.7 Å². The number of benzene rings is 1. The van der Waals surface area contributed by atoms with E-state index in [0.29, 0.717) is 41.3 Å². The van der Waals surface area contributed by atoms with Crippen LogP contribution in [0, 0.1) is 4.77 Å². The third kappa shape index (κ3) is 4.77. The molecule has 2 aromatic rings. The number of hydrogen-bond acceptors (Lipinski definition) is 8. The lowest BCUT2D eigenvalue weighted by Crippen LogP contribution is -2.26. The summed E-state index contributed by atoms with van der Waals surface area (Å²) >= 11 is 5.49. The molecular weight excluding hydrogens is 410 g/mol. The van der Waals surface area contributed by atoms with Crippen molar-refractivity contribution < 1.29 is 28.4 Å². The summed E-state index contributed by atoms with van der Waals surface area (Å²) in [6.07, 6.45) is 0. The van der Waals surface area contributed by atoms with Gasteiger partial charge in [0, 0.05) is 20.3 Å². The van der Waals surface area contributed by atoms with Crippen LogP contribution in [0.4, 0.5) is 0 Å². The fourth-order valence-electron chi connectivity index (χ4n) is 3.14. The second-order valence-electron chi connectivity index (χ2n) is 7.01. The minimum atomic E-state index is -0.168. The Morgan fingerprint density at radius 1 is 1.17 bits per heavy atom. The van der Waals surface area contributed by atoms with E-state index in [2.05, 4.69) is 30.6 Å². The van der Waals surface area contributed by atoms with Crippen molar-refractivity contribution in [2.24, 2.45) is 0 Å². The first-order valence-electron chi connectivity index (χ1n) is 9.49. The Labute approximate surface area is 180 Å². The van der Waals surface area contributed by atoms with Crippen LogP contribution in [0.2, 0.25) is 0 Å². The maximum absolute atomic E-state index is 5.84. The van der Waals surface area contributed by atoms with E-state index in [-0.39, 0.29) is 25.5 Å². The molecule has 1 N–H and O–H groups in total. The molecule has 1 aliphatic heterocycles. The number of nitrogens with zero attached hydrogens (tertiary/aromatic N) is 2. The van der Waals surface area contributed by atoms with Gasteiger partial charge in [0.2, 0.25) is 0 Å². The first kappa shape index (κ1) is 22.1. The molecule has 164 valence electrons. The molecule has 0 amide bonds. The van der Waals surface area contributed by atoms with Gasteiger partial charge < -0.3 is 28.4 Å². The van der Waals surface area contributed by atoms with Gasteiger partial charge in [-0.25, -0.2) is 0 Å². The number of H-pyrrole nitrogens is 1. The van der Waals surface area contributed by atoms with E-state index in [0.717, 1.165) is 11.1 Å². The van der Waals surface area contributed by atoms with Gasteiger partial charge >= 0.3 is 0 Å². The fourth-order valence-corrected chi connectivity index (χ4v) is 3.42. The molecule has 0 unspecified atom stereocenters. The summed E-state index contributed by atoms with van der Waals surface area (Å²) in [4.78, 5) is 0. The van der Waals surface area contributed by atoms with E-state index >= 15 is 0 Å². The van der Waals surface area contributed by atoms with E-state index in [4.69, 9.17) is 40.6 Å². The summed E-state index contributed by atoms with van der Waals surface area (Å²) in [6.45, 7) is 8.80. The lowest BCUT2D eigenvalue weighted by atomic mass is 9.98. The lowest BCUT2D eigenvalue weighted by Gasteiger charge is -2.27. The molecule has 1 aromatic carbocycles. The molecule has 10 heteroatoms. The largest absolute Gasteiger partial charge is 0.467 e. The lowest BCUT2D eigenvalue weighted by molar-refractivity contribution is -0.0437. The van der Waals surface area contributed by atoms with Crippen LogP contribution < -0.4 is 9.47 Å². The molecule has 0 aliphatic carbocycles. The predicted molar refractivity (Wildman–Crippen MR) is 112 cm³/mol. The van der Waals surface area contributed by atoms with Crippen molar-refractivity contribution in [3.8, 4) is 22.9 Å². The zero-order valence-electron chi connectivity index (χ0n) is 17.6. The van der Waals surface area contributed by atoms with Gasteiger partial charge in [-0.1, -0.05) is 13.8 Å². The molecular formula is C20H27N3O6S. The normalized spacial score (nSPS) is 14.5. The van der Waals surface area contributed by atoms with Crippen molar-refractivity contribution in [1.29, 1.82) is 0 Å². The highest BCUT2D eigenvalue weighted by Crippen LogP contribution is 2.39. The quantitative estimate of drug-likeness (QED) is 0.469. The van der Waals surface area contributed by atoms with Gasteiger partial charge in [0.1, 0.15) is 30.8 Å². The van der Waals surface area contributed by atoms with E-state index in [9.17, 15) is 0 Å². The van der Waals surface area contributed by atoms with Crippen LogP contribution >= 0.6 is 12.2 Å². The smallest absolute Gasteiger partial charge is 0.271 e. The van der Waals surface area contributed by atoms with Crippen LogP contribution in [-0.2, 0) is 18.9 Å². The summed E-state index contributed by atoms with van der Waals surface area (Å²) < 4.78 is 35.1. The van der Waals surface area contributed by atoms with Gasteiger partial charge in [-0.2, -0.15) is 5.10 Å². The average molecular weight is 438 g/mol. The molecule has 0 bridgehead atoms. The highest BCUT2D eigenvalue weighted by Gasteiger charge is 2.26. The second-order valence-corrected chi connectivity index (χ2v) is 7.40. The summed E-state index contributed by atoms with van der Waals surface area (Å²) in [6, 6.07) is 3.64. The SMILES string of the molecule is C=C1OCC(n2c(-c3cc(C(C)C)c(OCOC)cc3OCOC)n[nH]c2=S)CO1. The minimum absolute atomic E-state index is 0.0678. The molecule has 30 heavy (non-hydrogen) atoms. The highest BCUT2D eigenvalue weighted by molar-refractivity contribution is 7.71. The van der Waals surface area contributed by atoms with Crippen LogP contribution in [0.3, 0.4) is 0 Å². The minimum Gasteiger partial charge on any atom is -0.467 e. The number of rotatable bonds is 9. The number of nitrogens with one attached hydrogen (secondary N) is 1. The molecule has 1 aliphatic rings. The Morgan fingerprint density at radius 3 is 2.40 bits per heavy atom. The van der Waals surface area contributed by atoms with Gasteiger partial charge in [-0.05, 0) is 36.3 Å². The van der Waals surface area contributed by atoms with Crippen molar-refractivity contribution >= 4 is 12.2 Å². The zero-order chi connectivity index (χ0) is 21.7. The number of hydrogen-bond donors (Lipinski definition) is 1. The Balaban J connectivity index is 2.11. The standard InChI is InChI=1S/C20H27N3O6S/c1-12(2)15-6-16(18(29-11-25-5)7-17(15)28-10-24-4)19-21-22-20(30)23(19)14-8-26-13(3)27-9-14/h6-7,12,14H,3,8-11H2,1-2,4-5H3,(H,22,30). The third-order valence-electron chi connectivity index (χ3n) is 4.58. The summed E-state index contributed by atoms with van der Waals surface area (Å²) in [5.41, 5.74) is 1.73. The number of ether oxygens (including phenoxy) is 6. The number of methoxy groups -OCH3 is 2. The molecule has 0 atom stereocenters. The molecule has 0 spiro atoms. The van der Waals surface area contributed by atoms with Crippen molar-refractivity contribution in [2.75, 3.05) is 41.0 Å². The van der Waals surface area contributed by atoms with Gasteiger partial charge in [0.05, 0.1) is 5.56 Å². The van der Waals surface area contributed by atoms with Gasteiger partial charge in [0.25, 0.3) is 5.95 Å². The van der Waals surface area contributed by atoms with Crippen LogP contribution in [0.25, 0.3) is 11.4 Å². The maximum atomic E-state index is 5.84. The molecule has 3 rings (SSSR count). The van der Waals surface area contributed by atoms with Gasteiger partial charge in [-0.3, -0.25) is 9.67 Å². The molecule has 2 heterocycles. The molecule has 0 saturated carbocycles. The second kappa shape index (κ2) is 9.96. The molecule has 1 saturated heterocycles. The molecule has 1 aromatic heterocycles. The monoisotopic (exact) mass is 437 g/mol. The van der Waals surface area contributed by atoms with Crippen LogP contribution in [0.5, 0.6) is 11.5 Å². The summed E-state index contributed by atoms with van der Waals surface area (Å²) in [5, 5.41) is 7.34.